The van der Waals surface area contributed by atoms with E-state index < -0.39 is 0 Å². The van der Waals surface area contributed by atoms with Gasteiger partial charge in [0.15, 0.2) is 0 Å². The number of thioether (sulfide) groups is 1. The molecule has 0 unspecified atom stereocenters. The lowest BCUT2D eigenvalue weighted by atomic mass is 10.3. The highest BCUT2D eigenvalue weighted by Gasteiger charge is 2.00. The summed E-state index contributed by atoms with van der Waals surface area (Å²) in [4.78, 5) is 4.50. The molecule has 0 aromatic heterocycles. The summed E-state index contributed by atoms with van der Waals surface area (Å²) in [5.74, 6) is 0. The third-order valence-corrected chi connectivity index (χ3v) is 1.95. The van der Waals surface area contributed by atoms with Gasteiger partial charge in [0, 0.05) is 5.69 Å². The average molecular weight is 177 g/mol. The Balaban J connectivity index is 3.14. The smallest absolute Gasteiger partial charge is 0.138 e. The fraction of sp³-hybridized carbons (Fsp3) is 0. The molecule has 3 nitrogen and oxygen atoms in total. The number of hydrogen-bond acceptors (Lipinski definition) is 4. The van der Waals surface area contributed by atoms with E-state index in [1.54, 1.807) is 18.2 Å². The molecule has 0 aliphatic heterocycles. The van der Waals surface area contributed by atoms with Crippen molar-refractivity contribution in [3.05, 3.63) is 18.2 Å². The molecule has 0 bridgehead atoms. The second-order valence-corrected chi connectivity index (χ2v) is 2.91. The summed E-state index contributed by atoms with van der Waals surface area (Å²) in [7, 11) is 0. The molecule has 0 aliphatic carbocycles. The number of nitrogens with two attached hydrogens (primary N) is 1. The van der Waals surface area contributed by atoms with E-state index in [9.17, 15) is 0 Å². The Kier molecular flexibility index (Phi) is 2.72. The summed E-state index contributed by atoms with van der Waals surface area (Å²) in [6.45, 7) is 3.39. The number of thiocyanates is 1. The lowest BCUT2D eigenvalue weighted by molar-refractivity contribution is 1.39. The van der Waals surface area contributed by atoms with Crippen molar-refractivity contribution in [1.29, 1.82) is 5.26 Å². The van der Waals surface area contributed by atoms with Gasteiger partial charge < -0.3 is 5.73 Å². The molecule has 0 heterocycles. The van der Waals surface area contributed by atoms with Gasteiger partial charge in [-0.3, -0.25) is 4.99 Å². The van der Waals surface area contributed by atoms with Crippen molar-refractivity contribution in [2.24, 2.45) is 4.99 Å². The number of benzene rings is 1. The molecule has 0 amide bonds. The van der Waals surface area contributed by atoms with Crippen molar-refractivity contribution >= 4 is 29.9 Å². The van der Waals surface area contributed by atoms with Crippen molar-refractivity contribution in [3.63, 3.8) is 0 Å². The normalized spacial score (nSPS) is 8.92. The molecule has 1 aromatic rings. The maximum Gasteiger partial charge on any atom is 0.138 e. The Labute approximate surface area is 74.9 Å². The van der Waals surface area contributed by atoms with Crippen LogP contribution in [0.5, 0.6) is 0 Å². The second kappa shape index (κ2) is 3.79. The Bertz CT molecular complexity index is 341. The van der Waals surface area contributed by atoms with E-state index >= 15 is 0 Å². The Morgan fingerprint density at radius 1 is 1.58 bits per heavy atom. The van der Waals surface area contributed by atoms with Crippen LogP contribution in [0.25, 0.3) is 0 Å². The number of aliphatic imine (C=N–C) groups is 1. The molecule has 2 N–H and O–H groups in total. The van der Waals surface area contributed by atoms with E-state index in [2.05, 4.69) is 11.7 Å². The van der Waals surface area contributed by atoms with Gasteiger partial charge in [-0.05, 0) is 36.7 Å². The van der Waals surface area contributed by atoms with E-state index in [0.29, 0.717) is 11.4 Å². The molecule has 0 aliphatic rings. The molecule has 0 saturated carbocycles. The van der Waals surface area contributed by atoms with Gasteiger partial charge in [-0.25, -0.2) is 0 Å². The first-order chi connectivity index (χ1) is 5.77. The highest BCUT2D eigenvalue weighted by atomic mass is 32.2. The van der Waals surface area contributed by atoms with Gasteiger partial charge in [0.1, 0.15) is 5.40 Å². The van der Waals surface area contributed by atoms with Crippen LogP contribution in [0.3, 0.4) is 0 Å². The van der Waals surface area contributed by atoms with E-state index in [1.165, 1.54) is 0 Å². The van der Waals surface area contributed by atoms with Crippen LogP contribution in [0.15, 0.2) is 28.1 Å². The minimum absolute atomic E-state index is 0.625. The summed E-state index contributed by atoms with van der Waals surface area (Å²) in [6.07, 6.45) is 0. The summed E-state index contributed by atoms with van der Waals surface area (Å²) in [5.41, 5.74) is 6.84. The highest BCUT2D eigenvalue weighted by Crippen LogP contribution is 2.30. The average Bonchev–Trinajstić information content (AvgIpc) is 2.05. The van der Waals surface area contributed by atoms with Gasteiger partial charge in [-0.1, -0.05) is 0 Å². The molecule has 60 valence electrons. The van der Waals surface area contributed by atoms with Crippen LogP contribution in [0, 0.1) is 10.7 Å². The summed E-state index contributed by atoms with van der Waals surface area (Å²) < 4.78 is 0. The Morgan fingerprint density at radius 2 is 2.33 bits per heavy atom. The molecule has 0 saturated heterocycles. The van der Waals surface area contributed by atoms with Gasteiger partial charge in [-0.15, -0.1) is 0 Å². The van der Waals surface area contributed by atoms with Gasteiger partial charge in [-0.2, -0.15) is 5.26 Å². The van der Waals surface area contributed by atoms with E-state index in [4.69, 9.17) is 11.0 Å². The zero-order chi connectivity index (χ0) is 8.97. The van der Waals surface area contributed by atoms with Gasteiger partial charge >= 0.3 is 0 Å². The third kappa shape index (κ3) is 1.77. The molecule has 0 fully saturated rings. The van der Waals surface area contributed by atoms with Crippen LogP contribution in [0.1, 0.15) is 0 Å². The van der Waals surface area contributed by atoms with Crippen LogP contribution >= 0.6 is 11.8 Å². The van der Waals surface area contributed by atoms with Gasteiger partial charge in [0.25, 0.3) is 0 Å². The van der Waals surface area contributed by atoms with Crippen molar-refractivity contribution in [3.8, 4) is 5.40 Å². The molecule has 0 spiro atoms. The Hall–Kier alpha value is -1.47. The van der Waals surface area contributed by atoms with E-state index in [1.807, 2.05) is 5.40 Å². The molecule has 12 heavy (non-hydrogen) atoms. The van der Waals surface area contributed by atoms with Crippen LogP contribution in [-0.2, 0) is 0 Å². The Morgan fingerprint density at radius 3 is 2.92 bits per heavy atom. The van der Waals surface area contributed by atoms with Gasteiger partial charge in [0.2, 0.25) is 0 Å². The SMILES string of the molecule is C=Nc1ccc(N)cc1SC#N. The maximum absolute atomic E-state index is 8.44. The zero-order valence-corrected chi connectivity index (χ0v) is 7.14. The molecular formula is C8H7N3S. The molecule has 0 radical (unpaired) electrons. The largest absolute Gasteiger partial charge is 0.399 e. The minimum Gasteiger partial charge on any atom is -0.399 e. The van der Waals surface area contributed by atoms with E-state index in [0.717, 1.165) is 16.7 Å². The first kappa shape index (κ1) is 8.62. The first-order valence-electron chi connectivity index (χ1n) is 3.20. The number of hydrogen-bond donors (Lipinski definition) is 1. The zero-order valence-electron chi connectivity index (χ0n) is 6.32. The van der Waals surface area contributed by atoms with Gasteiger partial charge in [0.05, 0.1) is 10.6 Å². The molecule has 1 rings (SSSR count). The monoisotopic (exact) mass is 177 g/mol. The summed E-state index contributed by atoms with van der Waals surface area (Å²) in [6, 6.07) is 5.17. The number of nitrogen functional groups attached to an aromatic ring is 1. The van der Waals surface area contributed by atoms with Crippen LogP contribution in [-0.4, -0.2) is 6.72 Å². The fourth-order valence-corrected chi connectivity index (χ4v) is 1.32. The standard InChI is InChI=1S/C8H7N3S/c1-11-7-3-2-6(10)4-8(7)12-5-9/h2-4H,1,10H2. The minimum atomic E-state index is 0.625. The number of nitrogens with zero attached hydrogens (tertiary/aromatic N) is 2. The van der Waals surface area contributed by atoms with E-state index in [-0.39, 0.29) is 0 Å². The molecular weight excluding hydrogens is 170 g/mol. The topological polar surface area (TPSA) is 62.2 Å². The van der Waals surface area contributed by atoms with Crippen molar-refractivity contribution < 1.29 is 0 Å². The first-order valence-corrected chi connectivity index (χ1v) is 4.01. The lowest BCUT2D eigenvalue weighted by Crippen LogP contribution is -1.83. The molecule has 4 heteroatoms. The number of nitriles is 1. The summed E-state index contributed by atoms with van der Waals surface area (Å²) >= 11 is 1.03. The summed E-state index contributed by atoms with van der Waals surface area (Å²) in [5, 5.41) is 10.4. The molecule has 1 aromatic carbocycles. The fourth-order valence-electron chi connectivity index (χ4n) is 0.792. The number of rotatable bonds is 2. The maximum atomic E-state index is 8.44. The second-order valence-electron chi connectivity index (χ2n) is 2.08. The lowest BCUT2D eigenvalue weighted by Gasteiger charge is -2.00. The van der Waals surface area contributed by atoms with Crippen LogP contribution in [0.4, 0.5) is 11.4 Å². The highest BCUT2D eigenvalue weighted by molar-refractivity contribution is 8.03. The van der Waals surface area contributed by atoms with Crippen LogP contribution < -0.4 is 5.73 Å². The quantitative estimate of drug-likeness (QED) is 0.326. The van der Waals surface area contributed by atoms with Crippen molar-refractivity contribution in [2.75, 3.05) is 5.73 Å². The van der Waals surface area contributed by atoms with Crippen LogP contribution in [0.2, 0.25) is 0 Å². The van der Waals surface area contributed by atoms with Crippen molar-refractivity contribution in [1.82, 2.24) is 0 Å². The number of anilines is 1. The predicted octanol–water partition coefficient (Wildman–Crippen LogP) is 2.17. The molecule has 0 atom stereocenters. The van der Waals surface area contributed by atoms with Crippen molar-refractivity contribution in [2.45, 2.75) is 4.90 Å². The third-order valence-electron chi connectivity index (χ3n) is 1.31. The predicted molar refractivity (Wildman–Crippen MR) is 51.5 cm³/mol.